The van der Waals surface area contributed by atoms with Gasteiger partial charge in [-0.05, 0) is 37.3 Å². The Morgan fingerprint density at radius 1 is 0.946 bits per heavy atom. The number of amides is 1. The average molecular weight is 497 g/mol. The van der Waals surface area contributed by atoms with Crippen molar-refractivity contribution in [2.45, 2.75) is 13.0 Å². The number of fused-ring (bicyclic) bond motifs is 1. The zero-order chi connectivity index (χ0) is 26.1. The quantitative estimate of drug-likeness (QED) is 0.287. The van der Waals surface area contributed by atoms with Crippen molar-refractivity contribution in [1.82, 2.24) is 14.8 Å². The zero-order valence-electron chi connectivity index (χ0n) is 19.4. The first-order valence-electron chi connectivity index (χ1n) is 11.1. The lowest BCUT2D eigenvalue weighted by Gasteiger charge is -2.28. The van der Waals surface area contributed by atoms with E-state index in [0.29, 0.717) is 16.9 Å². The minimum Gasteiger partial charge on any atom is -0.328 e. The number of benzene rings is 3. The highest BCUT2D eigenvalue weighted by Crippen LogP contribution is 2.40. The third-order valence-corrected chi connectivity index (χ3v) is 5.89. The summed E-state index contributed by atoms with van der Waals surface area (Å²) >= 11 is 0. The number of rotatable bonds is 6. The Hall–Kier alpha value is -5.39. The van der Waals surface area contributed by atoms with Crippen molar-refractivity contribution in [3.05, 3.63) is 116 Å². The molecule has 1 amide bonds. The Morgan fingerprint density at radius 2 is 1.62 bits per heavy atom. The number of nitrogens with zero attached hydrogens (tertiary/aromatic N) is 5. The molecule has 1 atom stereocenters. The summed E-state index contributed by atoms with van der Waals surface area (Å²) in [5, 5.41) is 33.4. The largest absolute Gasteiger partial charge is 0.328 e. The van der Waals surface area contributed by atoms with Crippen molar-refractivity contribution in [1.29, 1.82) is 0 Å². The highest BCUT2D eigenvalue weighted by Gasteiger charge is 2.37. The van der Waals surface area contributed by atoms with Crippen LogP contribution in [0.1, 0.15) is 18.5 Å². The first-order chi connectivity index (χ1) is 17.8. The second-order valence-electron chi connectivity index (χ2n) is 8.21. The number of anilines is 2. The number of hydrogen-bond acceptors (Lipinski definition) is 8. The van der Waals surface area contributed by atoms with Crippen LogP contribution in [-0.2, 0) is 4.79 Å². The van der Waals surface area contributed by atoms with Gasteiger partial charge in [-0.3, -0.25) is 25.0 Å². The van der Waals surface area contributed by atoms with E-state index < -0.39 is 21.8 Å². The molecule has 1 aliphatic heterocycles. The van der Waals surface area contributed by atoms with Crippen molar-refractivity contribution < 1.29 is 14.6 Å². The van der Waals surface area contributed by atoms with Crippen molar-refractivity contribution in [3.8, 4) is 11.4 Å². The second kappa shape index (κ2) is 9.34. The van der Waals surface area contributed by atoms with E-state index in [-0.39, 0.29) is 34.3 Å². The molecule has 2 N–H and O–H groups in total. The number of aromatic nitrogens is 3. The molecule has 4 aromatic rings. The summed E-state index contributed by atoms with van der Waals surface area (Å²) in [4.78, 5) is 40.0. The van der Waals surface area contributed by atoms with Gasteiger partial charge in [-0.25, -0.2) is 4.68 Å². The molecule has 12 heteroatoms. The molecule has 0 fully saturated rings. The summed E-state index contributed by atoms with van der Waals surface area (Å²) in [6.07, 6.45) is 0. The summed E-state index contributed by atoms with van der Waals surface area (Å²) in [6.45, 7) is 1.69. The Morgan fingerprint density at radius 3 is 2.30 bits per heavy atom. The number of carbonyl (C=O) groups excluding carboxylic acids is 1. The Balaban J connectivity index is 1.64. The van der Waals surface area contributed by atoms with Crippen molar-refractivity contribution >= 4 is 28.9 Å². The number of non-ortho nitro benzene ring substituents is 1. The van der Waals surface area contributed by atoms with E-state index in [2.05, 4.69) is 20.7 Å². The van der Waals surface area contributed by atoms with Crippen LogP contribution in [0.2, 0.25) is 0 Å². The highest BCUT2D eigenvalue weighted by molar-refractivity contribution is 6.06. The van der Waals surface area contributed by atoms with Crippen LogP contribution in [0, 0.1) is 20.2 Å². The van der Waals surface area contributed by atoms with Gasteiger partial charge in [0.05, 0.1) is 21.0 Å². The molecule has 1 unspecified atom stereocenters. The van der Waals surface area contributed by atoms with Gasteiger partial charge >= 0.3 is 0 Å². The maximum Gasteiger partial charge on any atom is 0.275 e. The Kier molecular flexibility index (Phi) is 5.89. The Bertz CT molecular complexity index is 1560. The fourth-order valence-corrected chi connectivity index (χ4v) is 4.19. The average Bonchev–Trinajstić information content (AvgIpc) is 3.32. The van der Waals surface area contributed by atoms with Gasteiger partial charge in [-0.15, -0.1) is 5.10 Å². The van der Waals surface area contributed by atoms with Gasteiger partial charge in [0, 0.05) is 35.1 Å². The second-order valence-corrected chi connectivity index (χ2v) is 8.21. The van der Waals surface area contributed by atoms with Gasteiger partial charge < -0.3 is 10.6 Å². The number of hydrogen-bond donors (Lipinski definition) is 2. The summed E-state index contributed by atoms with van der Waals surface area (Å²) in [7, 11) is 0. The molecule has 0 radical (unpaired) electrons. The van der Waals surface area contributed by atoms with Crippen molar-refractivity contribution in [2.24, 2.45) is 0 Å². The first kappa shape index (κ1) is 23.4. The monoisotopic (exact) mass is 497 g/mol. The molecule has 1 aliphatic rings. The molecule has 2 heterocycles. The van der Waals surface area contributed by atoms with Crippen LogP contribution in [0.3, 0.4) is 0 Å². The van der Waals surface area contributed by atoms with E-state index in [9.17, 15) is 25.0 Å². The summed E-state index contributed by atoms with van der Waals surface area (Å²) < 4.78 is 1.42. The lowest BCUT2D eigenvalue weighted by molar-refractivity contribution is -0.385. The number of para-hydroxylation sites is 2. The minimum absolute atomic E-state index is 0.0824. The first-order valence-corrected chi connectivity index (χ1v) is 11.1. The van der Waals surface area contributed by atoms with Crippen LogP contribution < -0.4 is 10.6 Å². The lowest BCUT2D eigenvalue weighted by atomic mass is 9.93. The van der Waals surface area contributed by atoms with Crippen molar-refractivity contribution in [3.63, 3.8) is 0 Å². The summed E-state index contributed by atoms with van der Waals surface area (Å²) in [6, 6.07) is 19.7. The van der Waals surface area contributed by atoms with Gasteiger partial charge in [0.25, 0.3) is 17.3 Å². The maximum atomic E-state index is 13.5. The molecule has 5 rings (SSSR count). The van der Waals surface area contributed by atoms with E-state index in [4.69, 9.17) is 0 Å². The number of nitro benzene ring substituents is 2. The maximum absolute atomic E-state index is 13.5. The number of nitro groups is 2. The van der Waals surface area contributed by atoms with E-state index in [1.54, 1.807) is 49.4 Å². The topological polar surface area (TPSA) is 158 Å². The normalized spacial score (nSPS) is 14.5. The van der Waals surface area contributed by atoms with Crippen LogP contribution in [0.5, 0.6) is 0 Å². The number of carbonyl (C=O) groups is 1. The molecule has 0 bridgehead atoms. The predicted octanol–water partition coefficient (Wildman–Crippen LogP) is 4.69. The molecule has 37 heavy (non-hydrogen) atoms. The van der Waals surface area contributed by atoms with Gasteiger partial charge in [0.15, 0.2) is 5.82 Å². The molecule has 12 nitrogen and oxygen atoms in total. The fourth-order valence-electron chi connectivity index (χ4n) is 4.19. The molecule has 184 valence electrons. The van der Waals surface area contributed by atoms with Gasteiger partial charge in [-0.2, -0.15) is 4.98 Å². The van der Waals surface area contributed by atoms with E-state index in [0.717, 1.165) is 0 Å². The predicted molar refractivity (Wildman–Crippen MR) is 135 cm³/mol. The van der Waals surface area contributed by atoms with Crippen LogP contribution in [-0.4, -0.2) is 30.5 Å². The lowest BCUT2D eigenvalue weighted by Crippen LogP contribution is -2.31. The standard InChI is InChI=1S/C25H19N7O5/c1-15-21(24(33)27-17-7-3-2-4-8-17)22(19-9-5-6-10-20(19)32(36)37)30-25(26-15)28-23(29-30)16-11-13-18(14-12-16)31(34)35/h2-14,22H,1H3,(H,27,33)(H,26,28,29). The molecular formula is C25H19N7O5. The Labute approximate surface area is 209 Å². The molecule has 3 aromatic carbocycles. The van der Waals surface area contributed by atoms with Crippen LogP contribution in [0.4, 0.5) is 23.0 Å². The third-order valence-electron chi connectivity index (χ3n) is 5.89. The van der Waals surface area contributed by atoms with Gasteiger partial charge in [-0.1, -0.05) is 30.3 Å². The summed E-state index contributed by atoms with van der Waals surface area (Å²) in [5.41, 5.74) is 1.74. The number of nitrogens with one attached hydrogen (secondary N) is 2. The minimum atomic E-state index is -0.971. The fraction of sp³-hybridized carbons (Fsp3) is 0.0800. The van der Waals surface area contributed by atoms with Gasteiger partial charge in [0.2, 0.25) is 5.95 Å². The van der Waals surface area contributed by atoms with E-state index in [1.807, 2.05) is 6.07 Å². The van der Waals surface area contributed by atoms with E-state index in [1.165, 1.54) is 35.0 Å². The molecular weight excluding hydrogens is 478 g/mol. The molecule has 0 saturated carbocycles. The smallest absolute Gasteiger partial charge is 0.275 e. The highest BCUT2D eigenvalue weighted by atomic mass is 16.6. The van der Waals surface area contributed by atoms with Gasteiger partial charge in [0.1, 0.15) is 6.04 Å². The van der Waals surface area contributed by atoms with Crippen LogP contribution >= 0.6 is 0 Å². The SMILES string of the molecule is CC1=C(C(=O)Nc2ccccc2)C(c2ccccc2[N+](=O)[O-])n2nc(-c3ccc([N+](=O)[O-])cc3)nc2N1. The van der Waals surface area contributed by atoms with Crippen LogP contribution in [0.25, 0.3) is 11.4 Å². The van der Waals surface area contributed by atoms with E-state index >= 15 is 0 Å². The van der Waals surface area contributed by atoms with Crippen LogP contribution in [0.15, 0.2) is 90.1 Å². The molecule has 0 spiro atoms. The summed E-state index contributed by atoms with van der Waals surface area (Å²) in [5.74, 6) is 0.0427. The molecule has 1 aromatic heterocycles. The third kappa shape index (κ3) is 4.38. The molecule has 0 saturated heterocycles. The van der Waals surface area contributed by atoms with Crippen molar-refractivity contribution in [2.75, 3.05) is 10.6 Å². The molecule has 0 aliphatic carbocycles. The number of allylic oxidation sites excluding steroid dienone is 1. The zero-order valence-corrected chi connectivity index (χ0v) is 19.4.